The van der Waals surface area contributed by atoms with Crippen LogP contribution in [0.4, 0.5) is 0 Å². The average molecular weight is 410 g/mol. The summed E-state index contributed by atoms with van der Waals surface area (Å²) in [7, 11) is 0. The molecule has 0 aliphatic heterocycles. The third-order valence-corrected chi connectivity index (χ3v) is 8.44. The van der Waals surface area contributed by atoms with Crippen LogP contribution in [0.15, 0.2) is 29.2 Å². The Morgan fingerprint density at radius 2 is 1.81 bits per heavy atom. The van der Waals surface area contributed by atoms with Gasteiger partial charge in [0.2, 0.25) is 0 Å². The van der Waals surface area contributed by atoms with Crippen molar-refractivity contribution in [2.24, 2.45) is 23.2 Å². The van der Waals surface area contributed by atoms with Gasteiger partial charge in [-0.25, -0.2) is 0 Å². The fourth-order valence-corrected chi connectivity index (χ4v) is 6.99. The third-order valence-electron chi connectivity index (χ3n) is 6.93. The molecule has 0 aromatic heterocycles. The molecule has 4 aliphatic rings. The molecule has 148 valence electrons. The van der Waals surface area contributed by atoms with E-state index in [0.29, 0.717) is 22.8 Å². The Hall–Kier alpha value is -0.750. The summed E-state index contributed by atoms with van der Waals surface area (Å²) in [4.78, 5) is 13.0. The van der Waals surface area contributed by atoms with Gasteiger partial charge in [-0.3, -0.25) is 10.1 Å². The first-order chi connectivity index (χ1) is 12.7. The van der Waals surface area contributed by atoms with Crippen molar-refractivity contribution in [2.75, 3.05) is 0 Å². The molecule has 0 amide bonds. The van der Waals surface area contributed by atoms with Crippen LogP contribution in [0, 0.1) is 23.2 Å². The van der Waals surface area contributed by atoms with Gasteiger partial charge in [0.05, 0.1) is 10.2 Å². The molecule has 4 aliphatic carbocycles. The normalized spacial score (nSPS) is 36.0. The summed E-state index contributed by atoms with van der Waals surface area (Å²) in [5, 5.41) is 25.0. The predicted molar refractivity (Wildman–Crippen MR) is 108 cm³/mol. The van der Waals surface area contributed by atoms with Crippen LogP contribution in [-0.2, 0) is 4.79 Å². The highest BCUT2D eigenvalue weighted by Gasteiger charge is 2.59. The highest BCUT2D eigenvalue weighted by atomic mass is 35.5. The number of aliphatic hydroxyl groups is 1. The number of aliphatic carboxylic acids is 1. The van der Waals surface area contributed by atoms with Crippen molar-refractivity contribution in [1.82, 2.24) is 5.32 Å². The molecule has 3 unspecified atom stereocenters. The van der Waals surface area contributed by atoms with Gasteiger partial charge in [0.15, 0.2) is 0 Å². The zero-order valence-corrected chi connectivity index (χ0v) is 17.4. The molecule has 1 aromatic carbocycles. The van der Waals surface area contributed by atoms with E-state index in [4.69, 9.17) is 11.6 Å². The summed E-state index contributed by atoms with van der Waals surface area (Å²) in [5.74, 6) is 0.654. The topological polar surface area (TPSA) is 69.6 Å². The average Bonchev–Trinajstić information content (AvgIpc) is 2.59. The Morgan fingerprint density at radius 3 is 2.37 bits per heavy atom. The number of rotatable bonds is 6. The number of hydrogen-bond donors (Lipinski definition) is 3. The molecule has 0 heterocycles. The Balaban J connectivity index is 1.44. The number of carboxylic acid groups (broad SMARTS) is 1. The van der Waals surface area contributed by atoms with Crippen LogP contribution in [-0.4, -0.2) is 33.2 Å². The van der Waals surface area contributed by atoms with Crippen LogP contribution < -0.4 is 5.32 Å². The van der Waals surface area contributed by atoms with Crippen molar-refractivity contribution >= 4 is 29.3 Å². The van der Waals surface area contributed by atoms with E-state index in [2.05, 4.69) is 5.32 Å². The molecular formula is C21H28ClNO3S. The van der Waals surface area contributed by atoms with Crippen molar-refractivity contribution in [3.05, 3.63) is 29.3 Å². The Kier molecular flexibility index (Phi) is 5.03. The first-order valence-electron chi connectivity index (χ1n) is 9.81. The number of carboxylic acids is 1. The first-order valence-corrected chi connectivity index (χ1v) is 11.0. The third kappa shape index (κ3) is 3.64. The van der Waals surface area contributed by atoms with Crippen LogP contribution in [0.25, 0.3) is 0 Å². The number of carbonyl (C=O) groups is 1. The minimum atomic E-state index is -0.665. The monoisotopic (exact) mass is 409 g/mol. The maximum absolute atomic E-state index is 11.9. The van der Waals surface area contributed by atoms with Crippen LogP contribution in [0.1, 0.15) is 46.0 Å². The predicted octanol–water partition coefficient (Wildman–Crippen LogP) is 4.40. The maximum atomic E-state index is 11.9. The van der Waals surface area contributed by atoms with Crippen LogP contribution in [0.5, 0.6) is 0 Å². The van der Waals surface area contributed by atoms with Crippen LogP contribution in [0.2, 0.25) is 5.02 Å². The molecule has 3 N–H and O–H groups in total. The van der Waals surface area contributed by atoms with Crippen molar-refractivity contribution in [3.8, 4) is 0 Å². The van der Waals surface area contributed by atoms with Gasteiger partial charge in [0.1, 0.15) is 6.23 Å². The lowest BCUT2D eigenvalue weighted by atomic mass is 9.48. The SMILES string of the molecule is CC(C)(Sc1ccc(Cl)cc1)C(O)NC1C2CC3CC1CC(C(=O)O)(C3)C2. The first kappa shape index (κ1) is 19.6. The second-order valence-electron chi connectivity index (χ2n) is 9.31. The van der Waals surface area contributed by atoms with Gasteiger partial charge in [-0.05, 0) is 88.0 Å². The lowest BCUT2D eigenvalue weighted by molar-refractivity contribution is -0.168. The quantitative estimate of drug-likeness (QED) is 0.480. The molecule has 4 saturated carbocycles. The minimum Gasteiger partial charge on any atom is -0.481 e. The molecular weight excluding hydrogens is 382 g/mol. The smallest absolute Gasteiger partial charge is 0.309 e. The fourth-order valence-electron chi connectivity index (χ4n) is 5.80. The van der Waals surface area contributed by atoms with Crippen LogP contribution in [0.3, 0.4) is 0 Å². The van der Waals surface area contributed by atoms with Gasteiger partial charge in [0, 0.05) is 16.0 Å². The molecule has 0 saturated heterocycles. The molecule has 1 aromatic rings. The van der Waals surface area contributed by atoms with Gasteiger partial charge in [0.25, 0.3) is 0 Å². The van der Waals surface area contributed by atoms with Crippen molar-refractivity contribution < 1.29 is 15.0 Å². The minimum absolute atomic E-state index is 0.217. The molecule has 27 heavy (non-hydrogen) atoms. The van der Waals surface area contributed by atoms with Crippen molar-refractivity contribution in [2.45, 2.75) is 67.9 Å². The van der Waals surface area contributed by atoms with Gasteiger partial charge < -0.3 is 10.2 Å². The van der Waals surface area contributed by atoms with Crippen molar-refractivity contribution in [3.63, 3.8) is 0 Å². The Bertz CT molecular complexity index is 707. The summed E-state index contributed by atoms with van der Waals surface area (Å²) >= 11 is 7.59. The number of halogens is 1. The largest absolute Gasteiger partial charge is 0.481 e. The summed E-state index contributed by atoms with van der Waals surface area (Å²) in [5.41, 5.74) is -0.507. The highest BCUT2D eigenvalue weighted by molar-refractivity contribution is 8.00. The lowest BCUT2D eigenvalue weighted by Crippen LogP contribution is -2.63. The van der Waals surface area contributed by atoms with E-state index in [1.54, 1.807) is 11.8 Å². The number of nitrogens with one attached hydrogen (secondary N) is 1. The summed E-state index contributed by atoms with van der Waals surface area (Å²) in [6.45, 7) is 4.08. The van der Waals surface area contributed by atoms with E-state index < -0.39 is 22.4 Å². The number of hydrogen-bond acceptors (Lipinski definition) is 4. The zero-order chi connectivity index (χ0) is 19.4. The Morgan fingerprint density at radius 1 is 1.22 bits per heavy atom. The highest BCUT2D eigenvalue weighted by Crippen LogP contribution is 2.60. The molecule has 5 rings (SSSR count). The molecule has 3 atom stereocenters. The molecule has 4 fully saturated rings. The maximum Gasteiger partial charge on any atom is 0.309 e. The van der Waals surface area contributed by atoms with Gasteiger partial charge in [-0.1, -0.05) is 11.6 Å². The molecule has 0 radical (unpaired) electrons. The molecule has 4 bridgehead atoms. The van der Waals surface area contributed by atoms with Crippen LogP contribution >= 0.6 is 23.4 Å². The summed E-state index contributed by atoms with van der Waals surface area (Å²) < 4.78 is -0.410. The fraction of sp³-hybridized carbons (Fsp3) is 0.667. The van der Waals surface area contributed by atoms with Gasteiger partial charge in [-0.15, -0.1) is 11.8 Å². The van der Waals surface area contributed by atoms with Gasteiger partial charge in [-0.2, -0.15) is 0 Å². The van der Waals surface area contributed by atoms with E-state index in [1.807, 2.05) is 38.1 Å². The van der Waals surface area contributed by atoms with E-state index in [0.717, 1.165) is 37.0 Å². The van der Waals surface area contributed by atoms with Gasteiger partial charge >= 0.3 is 5.97 Å². The molecule has 6 heteroatoms. The number of thioether (sulfide) groups is 1. The number of benzene rings is 1. The zero-order valence-electron chi connectivity index (χ0n) is 15.8. The van der Waals surface area contributed by atoms with E-state index in [9.17, 15) is 15.0 Å². The summed E-state index contributed by atoms with van der Waals surface area (Å²) in [6.07, 6.45) is 3.89. The summed E-state index contributed by atoms with van der Waals surface area (Å²) in [6, 6.07) is 7.89. The second kappa shape index (κ2) is 6.94. The van der Waals surface area contributed by atoms with E-state index >= 15 is 0 Å². The van der Waals surface area contributed by atoms with Crippen molar-refractivity contribution in [1.29, 1.82) is 0 Å². The lowest BCUT2D eigenvalue weighted by Gasteiger charge is -2.59. The standard InChI is InChI=1S/C21H28ClNO3S/c1-20(2,27-16-5-3-15(22)4-6-16)18(24)23-17-13-7-12-8-14(17)11-21(9-12,10-13)19(25)26/h3-6,12-14,17-18,23-24H,7-11H2,1-2H3,(H,25,26). The Labute approximate surface area is 170 Å². The van der Waals surface area contributed by atoms with E-state index in [1.165, 1.54) is 0 Å². The molecule has 0 spiro atoms. The van der Waals surface area contributed by atoms with E-state index in [-0.39, 0.29) is 6.04 Å². The molecule has 4 nitrogen and oxygen atoms in total. The second-order valence-corrected chi connectivity index (χ2v) is 11.5. The number of aliphatic hydroxyl groups excluding tert-OH is 1.